The zero-order chi connectivity index (χ0) is 17.6. The van der Waals surface area contributed by atoms with E-state index in [1.807, 2.05) is 24.3 Å². The van der Waals surface area contributed by atoms with Crippen LogP contribution in [0, 0.1) is 6.92 Å². The Morgan fingerprint density at radius 3 is 2.96 bits per heavy atom. The predicted molar refractivity (Wildman–Crippen MR) is 94.4 cm³/mol. The van der Waals surface area contributed by atoms with E-state index >= 15 is 0 Å². The minimum Gasteiger partial charge on any atom is -0.495 e. The van der Waals surface area contributed by atoms with E-state index in [0.717, 1.165) is 25.1 Å². The van der Waals surface area contributed by atoms with E-state index in [4.69, 9.17) is 9.47 Å². The Kier molecular flexibility index (Phi) is 5.45. The Labute approximate surface area is 146 Å². The smallest absolute Gasteiger partial charge is 0.270 e. The van der Waals surface area contributed by atoms with Crippen LogP contribution in [0.4, 0.5) is 11.5 Å². The van der Waals surface area contributed by atoms with Gasteiger partial charge in [0.2, 0.25) is 0 Å². The molecule has 1 aromatic carbocycles. The molecule has 7 heteroatoms. The van der Waals surface area contributed by atoms with Gasteiger partial charge < -0.3 is 20.1 Å². The molecule has 0 radical (unpaired) electrons. The molecule has 3 rings (SSSR count). The lowest BCUT2D eigenvalue weighted by Crippen LogP contribution is -2.32. The van der Waals surface area contributed by atoms with Gasteiger partial charge in [-0.15, -0.1) is 0 Å². The molecular weight excluding hydrogens is 320 g/mol. The van der Waals surface area contributed by atoms with Crippen molar-refractivity contribution in [3.8, 4) is 5.75 Å². The van der Waals surface area contributed by atoms with E-state index in [9.17, 15) is 4.79 Å². The molecule has 2 heterocycles. The van der Waals surface area contributed by atoms with Crippen molar-refractivity contribution in [1.82, 2.24) is 15.3 Å². The molecule has 7 nitrogen and oxygen atoms in total. The molecule has 1 aliphatic rings. The van der Waals surface area contributed by atoms with Crippen LogP contribution in [0.1, 0.15) is 29.2 Å². The topological polar surface area (TPSA) is 85.4 Å². The molecule has 0 aliphatic carbocycles. The van der Waals surface area contributed by atoms with Crippen molar-refractivity contribution in [3.63, 3.8) is 0 Å². The number of hydrogen-bond acceptors (Lipinski definition) is 6. The van der Waals surface area contributed by atoms with Crippen LogP contribution in [0.5, 0.6) is 5.75 Å². The third-order valence-electron chi connectivity index (χ3n) is 3.95. The molecule has 2 aromatic rings. The molecule has 0 saturated carbocycles. The number of methoxy groups -OCH3 is 1. The number of para-hydroxylation sites is 2. The van der Waals surface area contributed by atoms with E-state index in [1.54, 1.807) is 20.1 Å². The van der Waals surface area contributed by atoms with Crippen LogP contribution in [-0.2, 0) is 4.74 Å². The average Bonchev–Trinajstić information content (AvgIpc) is 3.13. The maximum Gasteiger partial charge on any atom is 0.270 e. The second kappa shape index (κ2) is 7.94. The van der Waals surface area contributed by atoms with Crippen LogP contribution < -0.4 is 15.4 Å². The largest absolute Gasteiger partial charge is 0.495 e. The van der Waals surface area contributed by atoms with Gasteiger partial charge in [-0.1, -0.05) is 12.1 Å². The van der Waals surface area contributed by atoms with E-state index in [2.05, 4.69) is 20.6 Å². The number of nitrogens with zero attached hydrogens (tertiary/aromatic N) is 2. The summed E-state index contributed by atoms with van der Waals surface area (Å²) in [4.78, 5) is 20.9. The molecule has 1 unspecified atom stereocenters. The SMILES string of the molecule is COc1ccccc1Nc1cc(C(=O)NCC2CCCO2)nc(C)n1. The van der Waals surface area contributed by atoms with Crippen LogP contribution in [0.15, 0.2) is 30.3 Å². The minimum atomic E-state index is -0.232. The maximum absolute atomic E-state index is 12.4. The first-order valence-electron chi connectivity index (χ1n) is 8.31. The minimum absolute atomic E-state index is 0.0954. The normalized spacial score (nSPS) is 16.5. The maximum atomic E-state index is 12.4. The van der Waals surface area contributed by atoms with Crippen molar-refractivity contribution in [2.75, 3.05) is 25.6 Å². The highest BCUT2D eigenvalue weighted by molar-refractivity contribution is 5.93. The fourth-order valence-corrected chi connectivity index (χ4v) is 2.74. The van der Waals surface area contributed by atoms with Crippen molar-refractivity contribution in [1.29, 1.82) is 0 Å². The van der Waals surface area contributed by atoms with Crippen LogP contribution in [0.3, 0.4) is 0 Å². The number of carbonyl (C=O) groups excluding carboxylic acids is 1. The van der Waals surface area contributed by atoms with Gasteiger partial charge in [-0.05, 0) is 31.9 Å². The van der Waals surface area contributed by atoms with Gasteiger partial charge in [0, 0.05) is 19.2 Å². The predicted octanol–water partition coefficient (Wildman–Crippen LogP) is 2.45. The number of amides is 1. The fourth-order valence-electron chi connectivity index (χ4n) is 2.74. The van der Waals surface area contributed by atoms with Crippen molar-refractivity contribution in [3.05, 3.63) is 41.9 Å². The molecule has 1 atom stereocenters. The summed E-state index contributed by atoms with van der Waals surface area (Å²) < 4.78 is 10.8. The first-order valence-corrected chi connectivity index (χ1v) is 8.31. The standard InChI is InChI=1S/C18H22N4O3/c1-12-20-15(18(23)19-11-13-6-5-9-25-13)10-17(21-12)22-14-7-3-4-8-16(14)24-2/h3-4,7-8,10,13H,5-6,9,11H2,1-2H3,(H,19,23)(H,20,21,22). The van der Waals surface area contributed by atoms with Gasteiger partial charge in [-0.25, -0.2) is 9.97 Å². The number of hydrogen-bond donors (Lipinski definition) is 2. The highest BCUT2D eigenvalue weighted by Gasteiger charge is 2.18. The lowest BCUT2D eigenvalue weighted by Gasteiger charge is -2.13. The van der Waals surface area contributed by atoms with Crippen LogP contribution >= 0.6 is 0 Å². The van der Waals surface area contributed by atoms with Gasteiger partial charge >= 0.3 is 0 Å². The molecule has 1 saturated heterocycles. The van der Waals surface area contributed by atoms with Gasteiger partial charge in [-0.3, -0.25) is 4.79 Å². The first kappa shape index (κ1) is 17.2. The van der Waals surface area contributed by atoms with Crippen LogP contribution in [0.2, 0.25) is 0 Å². The van der Waals surface area contributed by atoms with E-state index in [-0.39, 0.29) is 12.0 Å². The summed E-state index contributed by atoms with van der Waals surface area (Å²) in [6.07, 6.45) is 2.11. The molecule has 1 fully saturated rings. The zero-order valence-electron chi connectivity index (χ0n) is 14.4. The number of rotatable bonds is 6. The number of nitrogens with one attached hydrogen (secondary N) is 2. The molecule has 2 N–H and O–H groups in total. The number of ether oxygens (including phenoxy) is 2. The second-order valence-electron chi connectivity index (χ2n) is 5.86. The van der Waals surface area contributed by atoms with Crippen molar-refractivity contribution < 1.29 is 14.3 Å². The number of carbonyl (C=O) groups is 1. The Morgan fingerprint density at radius 2 is 2.20 bits per heavy atom. The van der Waals surface area contributed by atoms with Gasteiger partial charge in [0.15, 0.2) is 0 Å². The van der Waals surface area contributed by atoms with Crippen LogP contribution in [0.25, 0.3) is 0 Å². The Hall–Kier alpha value is -2.67. The summed E-state index contributed by atoms with van der Waals surface area (Å²) in [5, 5.41) is 6.05. The summed E-state index contributed by atoms with van der Waals surface area (Å²) in [7, 11) is 1.61. The second-order valence-corrected chi connectivity index (χ2v) is 5.86. The molecule has 1 amide bonds. The molecule has 0 spiro atoms. The fraction of sp³-hybridized carbons (Fsp3) is 0.389. The number of anilines is 2. The summed E-state index contributed by atoms with van der Waals surface area (Å²) >= 11 is 0. The monoisotopic (exact) mass is 342 g/mol. The molecule has 25 heavy (non-hydrogen) atoms. The number of aryl methyl sites for hydroxylation is 1. The van der Waals surface area contributed by atoms with Crippen molar-refractivity contribution in [2.24, 2.45) is 0 Å². The molecule has 132 valence electrons. The quantitative estimate of drug-likeness (QED) is 0.839. The van der Waals surface area contributed by atoms with Gasteiger partial charge in [0.05, 0.1) is 18.9 Å². The lowest BCUT2D eigenvalue weighted by molar-refractivity contribution is 0.0853. The third kappa shape index (κ3) is 4.45. The van der Waals surface area contributed by atoms with Gasteiger partial charge in [-0.2, -0.15) is 0 Å². The van der Waals surface area contributed by atoms with E-state index < -0.39 is 0 Å². The highest BCUT2D eigenvalue weighted by Crippen LogP contribution is 2.26. The number of benzene rings is 1. The molecule has 0 bridgehead atoms. The van der Waals surface area contributed by atoms with Crippen molar-refractivity contribution in [2.45, 2.75) is 25.9 Å². The highest BCUT2D eigenvalue weighted by atomic mass is 16.5. The Balaban J connectivity index is 1.72. The molecule has 1 aliphatic heterocycles. The van der Waals surface area contributed by atoms with E-state index in [0.29, 0.717) is 29.6 Å². The van der Waals surface area contributed by atoms with Gasteiger partial charge in [0.1, 0.15) is 23.1 Å². The van der Waals surface area contributed by atoms with Crippen LogP contribution in [-0.4, -0.2) is 42.2 Å². The molecular formula is C18H22N4O3. The summed E-state index contributed by atoms with van der Waals surface area (Å²) in [6, 6.07) is 9.15. The number of aromatic nitrogens is 2. The third-order valence-corrected chi connectivity index (χ3v) is 3.95. The first-order chi connectivity index (χ1) is 12.2. The van der Waals surface area contributed by atoms with Gasteiger partial charge in [0.25, 0.3) is 5.91 Å². The average molecular weight is 342 g/mol. The Bertz CT molecular complexity index is 745. The van der Waals surface area contributed by atoms with E-state index in [1.165, 1.54) is 0 Å². The van der Waals surface area contributed by atoms with Crippen molar-refractivity contribution >= 4 is 17.4 Å². The molecule has 1 aromatic heterocycles. The summed E-state index contributed by atoms with van der Waals surface area (Å²) in [5.41, 5.74) is 1.09. The summed E-state index contributed by atoms with van der Waals surface area (Å²) in [5.74, 6) is 1.52. The Morgan fingerprint density at radius 1 is 1.36 bits per heavy atom. The summed E-state index contributed by atoms with van der Waals surface area (Å²) in [6.45, 7) is 3.02. The lowest BCUT2D eigenvalue weighted by atomic mass is 10.2. The zero-order valence-corrected chi connectivity index (χ0v) is 14.4.